The Morgan fingerprint density at radius 1 is 1.28 bits per heavy atom. The van der Waals surface area contributed by atoms with Crippen molar-refractivity contribution < 1.29 is 5.11 Å². The number of hydrogen-bond donors (Lipinski definition) is 2. The fourth-order valence-electron chi connectivity index (χ4n) is 3.55. The molecule has 1 unspecified atom stereocenters. The van der Waals surface area contributed by atoms with Crippen molar-refractivity contribution in [3.05, 3.63) is 41.5 Å². The summed E-state index contributed by atoms with van der Waals surface area (Å²) in [6, 6.07) is 8.43. The number of allylic oxidation sites excluding steroid dienone is 1. The van der Waals surface area contributed by atoms with Crippen molar-refractivity contribution in [3.63, 3.8) is 0 Å². The lowest BCUT2D eigenvalue weighted by atomic mass is 9.81. The third-order valence-corrected chi connectivity index (χ3v) is 4.68. The van der Waals surface area contributed by atoms with Crippen LogP contribution in [0.25, 0.3) is 5.57 Å². The van der Waals surface area contributed by atoms with Crippen molar-refractivity contribution in [1.29, 1.82) is 0 Å². The predicted octanol–water partition coefficient (Wildman–Crippen LogP) is 2.95. The summed E-state index contributed by atoms with van der Waals surface area (Å²) in [5.74, 6) is 0. The molecule has 1 fully saturated rings. The van der Waals surface area contributed by atoms with Gasteiger partial charge < -0.3 is 5.11 Å². The van der Waals surface area contributed by atoms with E-state index in [2.05, 4.69) is 24.3 Å². The van der Waals surface area contributed by atoms with Crippen LogP contribution in [0.4, 0.5) is 0 Å². The first-order chi connectivity index (χ1) is 8.59. The molecule has 2 aliphatic rings. The lowest BCUT2D eigenvalue weighted by molar-refractivity contribution is 0.105. The number of benzene rings is 1. The first kappa shape index (κ1) is 11.9. The van der Waals surface area contributed by atoms with Crippen LogP contribution in [0.5, 0.6) is 0 Å². The zero-order valence-corrected chi connectivity index (χ0v) is 10.9. The summed E-state index contributed by atoms with van der Waals surface area (Å²) in [6.07, 6.45) is 7.72. The van der Waals surface area contributed by atoms with Crippen LogP contribution in [0.15, 0.2) is 30.3 Å². The molecule has 2 nitrogen and oxygen atoms in total. The van der Waals surface area contributed by atoms with Gasteiger partial charge in [0.05, 0.1) is 0 Å². The van der Waals surface area contributed by atoms with E-state index in [1.54, 1.807) is 0 Å². The SMILES string of the molecule is CCC(N)(O)C1=CC2(CCCC2)c2ccccc21. The minimum absolute atomic E-state index is 0.147. The average molecular weight is 243 g/mol. The third kappa shape index (κ3) is 1.56. The molecule has 2 heteroatoms. The van der Waals surface area contributed by atoms with E-state index in [1.807, 2.05) is 13.0 Å². The molecule has 1 saturated carbocycles. The smallest absolute Gasteiger partial charge is 0.139 e. The maximum Gasteiger partial charge on any atom is 0.139 e. The molecule has 0 amide bonds. The van der Waals surface area contributed by atoms with E-state index in [1.165, 1.54) is 31.2 Å². The largest absolute Gasteiger partial charge is 0.372 e. The number of rotatable bonds is 2. The van der Waals surface area contributed by atoms with Crippen LogP contribution in [0, 0.1) is 0 Å². The van der Waals surface area contributed by atoms with E-state index < -0.39 is 5.72 Å². The van der Waals surface area contributed by atoms with E-state index in [0.717, 1.165) is 11.1 Å². The van der Waals surface area contributed by atoms with Gasteiger partial charge >= 0.3 is 0 Å². The summed E-state index contributed by atoms with van der Waals surface area (Å²) in [5.41, 5.74) is 8.49. The molecule has 3 rings (SSSR count). The molecule has 1 spiro atoms. The summed E-state index contributed by atoms with van der Waals surface area (Å²) < 4.78 is 0. The molecule has 1 aromatic rings. The van der Waals surface area contributed by atoms with Gasteiger partial charge in [-0.05, 0) is 30.4 Å². The lowest BCUT2D eigenvalue weighted by Crippen LogP contribution is -2.39. The maximum absolute atomic E-state index is 10.4. The number of fused-ring (bicyclic) bond motifs is 2. The first-order valence-electron chi connectivity index (χ1n) is 6.93. The molecule has 96 valence electrons. The Hall–Kier alpha value is -1.12. The van der Waals surface area contributed by atoms with Crippen LogP contribution in [-0.4, -0.2) is 10.8 Å². The molecule has 0 aliphatic heterocycles. The monoisotopic (exact) mass is 243 g/mol. The van der Waals surface area contributed by atoms with E-state index in [0.29, 0.717) is 6.42 Å². The summed E-state index contributed by atoms with van der Waals surface area (Å²) >= 11 is 0. The van der Waals surface area contributed by atoms with Crippen molar-refractivity contribution in [2.24, 2.45) is 5.73 Å². The quantitative estimate of drug-likeness (QED) is 0.784. The van der Waals surface area contributed by atoms with Crippen molar-refractivity contribution >= 4 is 5.57 Å². The molecule has 1 atom stereocenters. The summed E-state index contributed by atoms with van der Waals surface area (Å²) in [5, 5.41) is 10.4. The van der Waals surface area contributed by atoms with Gasteiger partial charge in [-0.15, -0.1) is 0 Å². The van der Waals surface area contributed by atoms with Crippen LogP contribution in [-0.2, 0) is 5.41 Å². The summed E-state index contributed by atoms with van der Waals surface area (Å²) in [7, 11) is 0. The molecule has 3 N–H and O–H groups in total. The Labute approximate surface area is 109 Å². The zero-order valence-electron chi connectivity index (χ0n) is 10.9. The summed E-state index contributed by atoms with van der Waals surface area (Å²) in [6.45, 7) is 1.93. The van der Waals surface area contributed by atoms with Gasteiger partial charge in [-0.1, -0.05) is 50.1 Å². The van der Waals surface area contributed by atoms with Gasteiger partial charge in [0.2, 0.25) is 0 Å². The van der Waals surface area contributed by atoms with E-state index in [-0.39, 0.29) is 5.41 Å². The molecule has 2 aliphatic carbocycles. The number of aliphatic hydroxyl groups is 1. The Balaban J connectivity index is 2.16. The standard InChI is InChI=1S/C16H21NO/c1-2-16(17,18)14-11-15(9-5-6-10-15)13-8-4-3-7-12(13)14/h3-4,7-8,11,18H,2,5-6,9-10,17H2,1H3. The molecule has 1 aromatic carbocycles. The molecule has 0 aromatic heterocycles. The minimum Gasteiger partial charge on any atom is -0.372 e. The van der Waals surface area contributed by atoms with Gasteiger partial charge in [-0.25, -0.2) is 0 Å². The Bertz CT molecular complexity index is 496. The number of nitrogens with two attached hydrogens (primary N) is 1. The Morgan fingerprint density at radius 3 is 2.61 bits per heavy atom. The average Bonchev–Trinajstić information content (AvgIpc) is 2.98. The summed E-state index contributed by atoms with van der Waals surface area (Å²) in [4.78, 5) is 0. The second-order valence-electron chi connectivity index (χ2n) is 5.74. The van der Waals surface area contributed by atoms with Gasteiger partial charge in [0, 0.05) is 11.0 Å². The van der Waals surface area contributed by atoms with E-state index in [9.17, 15) is 5.11 Å². The van der Waals surface area contributed by atoms with E-state index >= 15 is 0 Å². The number of hydrogen-bond acceptors (Lipinski definition) is 2. The minimum atomic E-state index is -1.19. The topological polar surface area (TPSA) is 46.2 Å². The predicted molar refractivity (Wildman–Crippen MR) is 74.0 cm³/mol. The van der Waals surface area contributed by atoms with Crippen LogP contribution >= 0.6 is 0 Å². The normalized spacial score (nSPS) is 23.8. The molecular weight excluding hydrogens is 222 g/mol. The molecular formula is C16H21NO. The maximum atomic E-state index is 10.4. The highest BCUT2D eigenvalue weighted by molar-refractivity contribution is 5.81. The van der Waals surface area contributed by atoms with E-state index in [4.69, 9.17) is 5.73 Å². The van der Waals surface area contributed by atoms with Crippen LogP contribution in [0.2, 0.25) is 0 Å². The van der Waals surface area contributed by atoms with Gasteiger partial charge in [0.1, 0.15) is 5.72 Å². The molecule has 0 saturated heterocycles. The first-order valence-corrected chi connectivity index (χ1v) is 6.93. The lowest BCUT2D eigenvalue weighted by Gasteiger charge is -2.23. The highest BCUT2D eigenvalue weighted by Crippen LogP contribution is 2.52. The van der Waals surface area contributed by atoms with Gasteiger partial charge in [0.15, 0.2) is 0 Å². The van der Waals surface area contributed by atoms with Gasteiger partial charge in [-0.3, -0.25) is 5.73 Å². The molecule has 0 heterocycles. The second-order valence-corrected chi connectivity index (χ2v) is 5.74. The Morgan fingerprint density at radius 2 is 1.94 bits per heavy atom. The Kier molecular flexibility index (Phi) is 2.61. The second kappa shape index (κ2) is 3.94. The third-order valence-electron chi connectivity index (χ3n) is 4.68. The van der Waals surface area contributed by atoms with Crippen molar-refractivity contribution in [2.45, 2.75) is 50.2 Å². The van der Waals surface area contributed by atoms with Crippen molar-refractivity contribution in [2.75, 3.05) is 0 Å². The van der Waals surface area contributed by atoms with Crippen LogP contribution in [0.1, 0.15) is 50.2 Å². The van der Waals surface area contributed by atoms with Gasteiger partial charge in [-0.2, -0.15) is 0 Å². The molecule has 0 bridgehead atoms. The fourth-order valence-corrected chi connectivity index (χ4v) is 3.55. The van der Waals surface area contributed by atoms with Crippen LogP contribution in [0.3, 0.4) is 0 Å². The van der Waals surface area contributed by atoms with Crippen LogP contribution < -0.4 is 5.73 Å². The van der Waals surface area contributed by atoms with Crippen molar-refractivity contribution in [1.82, 2.24) is 0 Å². The zero-order chi connectivity index (χ0) is 12.8. The highest BCUT2D eigenvalue weighted by atomic mass is 16.3. The fraction of sp³-hybridized carbons (Fsp3) is 0.500. The van der Waals surface area contributed by atoms with Crippen molar-refractivity contribution in [3.8, 4) is 0 Å². The molecule has 18 heavy (non-hydrogen) atoms. The van der Waals surface area contributed by atoms with Gasteiger partial charge in [0.25, 0.3) is 0 Å². The molecule has 0 radical (unpaired) electrons. The highest BCUT2D eigenvalue weighted by Gasteiger charge is 2.43.